The minimum absolute atomic E-state index is 0.138. The molecule has 0 aliphatic heterocycles. The first-order valence-corrected chi connectivity index (χ1v) is 12.4. The smallest absolute Gasteiger partial charge is 0.407 e. The number of hydrogen-bond donors (Lipinski definition) is 2. The number of allylic oxidation sites excluding steroid dienone is 3. The first kappa shape index (κ1) is 28.4. The lowest BCUT2D eigenvalue weighted by molar-refractivity contribution is -0.107. The molecule has 2 aromatic rings. The molecule has 36 heavy (non-hydrogen) atoms. The molecular formula is C26H33N5O4S. The summed E-state index contributed by atoms with van der Waals surface area (Å²) in [5, 5.41) is 16.0. The summed E-state index contributed by atoms with van der Waals surface area (Å²) < 4.78 is 12.3. The van der Waals surface area contributed by atoms with Crippen LogP contribution in [0.4, 0.5) is 9.80 Å². The molecule has 10 heteroatoms. The molecule has 0 radical (unpaired) electrons. The van der Waals surface area contributed by atoms with Crippen molar-refractivity contribution in [1.82, 2.24) is 14.9 Å². The molecule has 1 amide bonds. The largest absolute Gasteiger partial charge is 0.497 e. The molecule has 1 atom stereocenters. The maximum Gasteiger partial charge on any atom is 0.407 e. The van der Waals surface area contributed by atoms with Gasteiger partial charge in [0.1, 0.15) is 29.2 Å². The topological polar surface area (TPSA) is 118 Å². The van der Waals surface area contributed by atoms with Crippen molar-refractivity contribution in [2.45, 2.75) is 44.8 Å². The number of amides is 1. The van der Waals surface area contributed by atoms with Gasteiger partial charge >= 0.3 is 6.09 Å². The van der Waals surface area contributed by atoms with Gasteiger partial charge in [0, 0.05) is 50.2 Å². The van der Waals surface area contributed by atoms with Gasteiger partial charge in [-0.15, -0.1) is 11.3 Å². The van der Waals surface area contributed by atoms with E-state index in [1.165, 1.54) is 0 Å². The lowest BCUT2D eigenvalue weighted by Gasteiger charge is -2.22. The average molecular weight is 512 g/mol. The fourth-order valence-corrected chi connectivity index (χ4v) is 4.78. The van der Waals surface area contributed by atoms with Gasteiger partial charge in [0.15, 0.2) is 0 Å². The van der Waals surface area contributed by atoms with E-state index in [-0.39, 0.29) is 6.10 Å². The summed E-state index contributed by atoms with van der Waals surface area (Å²) in [6.07, 6.45) is 12.3. The SMILES string of the molecule is C=C/C(=C\C(=C)CCC=O)OC.CNc1sc2c(c1C#N)CCC(OC(=O)NCCn1ccnc1)C2. The number of alkyl carbamates (subject to hydrolysis) is 1. The summed E-state index contributed by atoms with van der Waals surface area (Å²) in [6, 6.07) is 2.27. The Morgan fingerprint density at radius 1 is 1.47 bits per heavy atom. The normalized spacial score (nSPS) is 14.2. The summed E-state index contributed by atoms with van der Waals surface area (Å²) in [6.45, 7) is 8.48. The van der Waals surface area contributed by atoms with Crippen molar-refractivity contribution in [3.8, 4) is 6.07 Å². The second-order valence-corrected chi connectivity index (χ2v) is 8.99. The zero-order valence-electron chi connectivity index (χ0n) is 20.8. The molecule has 3 rings (SSSR count). The van der Waals surface area contributed by atoms with Crippen LogP contribution in [0.3, 0.4) is 0 Å². The van der Waals surface area contributed by atoms with E-state index in [1.807, 2.05) is 17.8 Å². The molecule has 1 aliphatic rings. The number of fused-ring (bicyclic) bond motifs is 1. The van der Waals surface area contributed by atoms with Crippen molar-refractivity contribution >= 4 is 28.7 Å². The summed E-state index contributed by atoms with van der Waals surface area (Å²) in [5.41, 5.74) is 2.71. The second kappa shape index (κ2) is 15.2. The number of methoxy groups -OCH3 is 1. The van der Waals surface area contributed by atoms with Crippen LogP contribution < -0.4 is 10.6 Å². The van der Waals surface area contributed by atoms with E-state index in [0.29, 0.717) is 38.1 Å². The van der Waals surface area contributed by atoms with E-state index in [4.69, 9.17) is 9.47 Å². The number of nitriles is 1. The summed E-state index contributed by atoms with van der Waals surface area (Å²) in [7, 11) is 3.39. The number of rotatable bonds is 11. The standard InChI is InChI=1S/C16H19N5O2S.C10H14O2/c1-18-15-13(9-17)12-3-2-11(8-14(12)24-15)23-16(22)20-5-7-21-6-4-19-10-21;1-4-10(12-3)8-9(2)6-5-7-11/h4,6,10-11,18H,2-3,5,7-8H2,1H3,(H,20,22);4,7-8H,1-2,5-6H2,3H3/b;10-8+. The Morgan fingerprint density at radius 3 is 2.89 bits per heavy atom. The van der Waals surface area contributed by atoms with Crippen LogP contribution in [-0.4, -0.2) is 48.7 Å². The van der Waals surface area contributed by atoms with Crippen LogP contribution in [0.2, 0.25) is 0 Å². The third-order valence-corrected chi connectivity index (χ3v) is 6.67. The fraction of sp³-hybridized carbons (Fsp3) is 0.385. The van der Waals surface area contributed by atoms with Gasteiger partial charge in [0.2, 0.25) is 0 Å². The Kier molecular flexibility index (Phi) is 12.0. The summed E-state index contributed by atoms with van der Waals surface area (Å²) in [4.78, 5) is 27.0. The van der Waals surface area contributed by atoms with Crippen LogP contribution in [0.15, 0.2) is 55.4 Å². The Bertz CT molecular complexity index is 1100. The molecule has 2 aromatic heterocycles. The fourth-order valence-electron chi connectivity index (χ4n) is 3.57. The molecule has 0 aromatic carbocycles. The van der Waals surface area contributed by atoms with E-state index < -0.39 is 6.09 Å². The predicted molar refractivity (Wildman–Crippen MR) is 141 cm³/mol. The van der Waals surface area contributed by atoms with Gasteiger partial charge in [-0.3, -0.25) is 0 Å². The van der Waals surface area contributed by atoms with E-state index >= 15 is 0 Å². The lowest BCUT2D eigenvalue weighted by Crippen LogP contribution is -2.33. The van der Waals surface area contributed by atoms with Crippen LogP contribution in [-0.2, 0) is 33.7 Å². The molecule has 0 fully saturated rings. The molecule has 0 bridgehead atoms. The molecule has 1 aliphatic carbocycles. The Labute approximate surface area is 216 Å². The van der Waals surface area contributed by atoms with Gasteiger partial charge in [0.05, 0.1) is 19.0 Å². The van der Waals surface area contributed by atoms with Crippen molar-refractivity contribution in [2.75, 3.05) is 26.0 Å². The Balaban J connectivity index is 0.000000324. The summed E-state index contributed by atoms with van der Waals surface area (Å²) >= 11 is 1.58. The molecular weight excluding hydrogens is 478 g/mol. The number of nitrogens with zero attached hydrogens (tertiary/aromatic N) is 3. The van der Waals surface area contributed by atoms with Gasteiger partial charge in [-0.1, -0.05) is 18.7 Å². The highest BCUT2D eigenvalue weighted by atomic mass is 32.1. The number of carbonyl (C=O) groups is 2. The predicted octanol–water partition coefficient (Wildman–Crippen LogP) is 4.38. The van der Waals surface area contributed by atoms with Crippen LogP contribution in [0.1, 0.15) is 35.3 Å². The quantitative estimate of drug-likeness (QED) is 0.261. The number of ether oxygens (including phenoxy) is 2. The Morgan fingerprint density at radius 2 is 2.28 bits per heavy atom. The maximum atomic E-state index is 11.9. The van der Waals surface area contributed by atoms with Gasteiger partial charge in [0.25, 0.3) is 0 Å². The number of nitrogens with one attached hydrogen (secondary N) is 2. The second-order valence-electron chi connectivity index (χ2n) is 7.89. The van der Waals surface area contributed by atoms with Crippen LogP contribution in [0, 0.1) is 11.3 Å². The monoisotopic (exact) mass is 511 g/mol. The number of anilines is 1. The van der Waals surface area contributed by atoms with E-state index in [0.717, 1.165) is 45.7 Å². The van der Waals surface area contributed by atoms with Crippen molar-refractivity contribution in [3.05, 3.63) is 71.4 Å². The number of hydrogen-bond acceptors (Lipinski definition) is 8. The lowest BCUT2D eigenvalue weighted by atomic mass is 9.94. The first-order chi connectivity index (χ1) is 17.4. The Hall–Kier alpha value is -3.84. The average Bonchev–Trinajstić information content (AvgIpc) is 3.53. The van der Waals surface area contributed by atoms with Crippen LogP contribution in [0.25, 0.3) is 0 Å². The third kappa shape index (κ3) is 8.74. The number of thiophene rings is 1. The summed E-state index contributed by atoms with van der Waals surface area (Å²) in [5.74, 6) is 0.672. The van der Waals surface area contributed by atoms with E-state index in [9.17, 15) is 14.9 Å². The molecule has 0 saturated carbocycles. The highest BCUT2D eigenvalue weighted by Crippen LogP contribution is 2.38. The van der Waals surface area contributed by atoms with Crippen LogP contribution in [0.5, 0.6) is 0 Å². The van der Waals surface area contributed by atoms with Gasteiger partial charge in [-0.05, 0) is 37.0 Å². The van der Waals surface area contributed by atoms with Crippen molar-refractivity contribution < 1.29 is 19.1 Å². The number of imidazole rings is 1. The van der Waals surface area contributed by atoms with Crippen LogP contribution >= 0.6 is 11.3 Å². The maximum absolute atomic E-state index is 11.9. The first-order valence-electron chi connectivity index (χ1n) is 11.6. The molecule has 2 heterocycles. The third-order valence-electron chi connectivity index (χ3n) is 5.40. The molecule has 1 unspecified atom stereocenters. The number of carbonyl (C=O) groups excluding carboxylic acids is 2. The van der Waals surface area contributed by atoms with Crippen molar-refractivity contribution in [2.24, 2.45) is 0 Å². The minimum Gasteiger partial charge on any atom is -0.497 e. The van der Waals surface area contributed by atoms with E-state index in [2.05, 4.69) is 34.8 Å². The minimum atomic E-state index is -0.394. The zero-order valence-corrected chi connectivity index (χ0v) is 21.6. The van der Waals surface area contributed by atoms with Gasteiger partial charge in [-0.25, -0.2) is 9.78 Å². The number of aldehydes is 1. The molecule has 192 valence electrons. The molecule has 9 nitrogen and oxygen atoms in total. The highest BCUT2D eigenvalue weighted by molar-refractivity contribution is 7.16. The zero-order chi connectivity index (χ0) is 26.3. The van der Waals surface area contributed by atoms with Gasteiger partial charge < -0.3 is 29.5 Å². The van der Waals surface area contributed by atoms with E-state index in [1.54, 1.807) is 43.1 Å². The molecule has 2 N–H and O–H groups in total. The molecule has 0 spiro atoms. The van der Waals surface area contributed by atoms with Gasteiger partial charge in [-0.2, -0.15) is 5.26 Å². The highest BCUT2D eigenvalue weighted by Gasteiger charge is 2.27. The number of aromatic nitrogens is 2. The molecule has 0 saturated heterocycles. The van der Waals surface area contributed by atoms with Crippen molar-refractivity contribution in [1.29, 1.82) is 5.26 Å². The van der Waals surface area contributed by atoms with Crippen molar-refractivity contribution in [3.63, 3.8) is 0 Å².